The van der Waals surface area contributed by atoms with Crippen molar-refractivity contribution in [1.82, 2.24) is 5.32 Å². The number of hydrogen-bond donors (Lipinski definition) is 1. The van der Waals surface area contributed by atoms with Gasteiger partial charge in [0.2, 0.25) is 0 Å². The quantitative estimate of drug-likeness (QED) is 0.864. The highest BCUT2D eigenvalue weighted by Gasteiger charge is 2.06. The van der Waals surface area contributed by atoms with Crippen LogP contribution in [0.2, 0.25) is 0 Å². The molecular weight excluding hydrogens is 270 g/mol. The van der Waals surface area contributed by atoms with E-state index in [9.17, 15) is 4.79 Å². The van der Waals surface area contributed by atoms with Gasteiger partial charge in [-0.2, -0.15) is 0 Å². The van der Waals surface area contributed by atoms with E-state index >= 15 is 0 Å². The Kier molecular flexibility index (Phi) is 10.3. The van der Waals surface area contributed by atoms with Crippen molar-refractivity contribution in [3.63, 3.8) is 0 Å². The van der Waals surface area contributed by atoms with E-state index in [0.29, 0.717) is 0 Å². The molecule has 0 aliphatic rings. The van der Waals surface area contributed by atoms with E-state index in [2.05, 4.69) is 19.2 Å². The molecule has 0 aromatic heterocycles. The molecule has 0 aliphatic carbocycles. The largest absolute Gasteiger partial charge is 0.317 e. The minimum Gasteiger partial charge on any atom is -0.317 e. The van der Waals surface area contributed by atoms with Crippen LogP contribution in [0, 0.1) is 0 Å². The second-order valence-electron chi connectivity index (χ2n) is 4.02. The highest BCUT2D eigenvalue weighted by atomic mass is 35.5. The lowest BCUT2D eigenvalue weighted by molar-refractivity contribution is 0.103. The Labute approximate surface area is 127 Å². The molecule has 0 heterocycles. The Morgan fingerprint density at radius 2 is 1.15 bits per heavy atom. The van der Waals surface area contributed by atoms with E-state index < -0.39 is 0 Å². The lowest BCUT2D eigenvalue weighted by Crippen LogP contribution is -2.09. The summed E-state index contributed by atoms with van der Waals surface area (Å²) in [6.07, 6.45) is 0. The molecule has 0 amide bonds. The third kappa shape index (κ3) is 6.50. The van der Waals surface area contributed by atoms with Gasteiger partial charge in [0.05, 0.1) is 0 Å². The van der Waals surface area contributed by atoms with Gasteiger partial charge >= 0.3 is 0 Å². The fourth-order valence-corrected chi connectivity index (χ4v) is 1.60. The Balaban J connectivity index is 0.000000526. The van der Waals surface area contributed by atoms with Crippen LogP contribution in [0.3, 0.4) is 0 Å². The first kappa shape index (κ1) is 18.4. The van der Waals surface area contributed by atoms with Crippen molar-refractivity contribution in [2.75, 3.05) is 13.1 Å². The molecular formula is C17H22ClNO. The number of hydrogen-bond acceptors (Lipinski definition) is 2. The normalized spacial score (nSPS) is 8.90. The zero-order valence-corrected chi connectivity index (χ0v) is 12.8. The topological polar surface area (TPSA) is 29.1 Å². The van der Waals surface area contributed by atoms with Crippen LogP contribution >= 0.6 is 12.4 Å². The van der Waals surface area contributed by atoms with Crippen molar-refractivity contribution in [2.45, 2.75) is 13.8 Å². The highest BCUT2D eigenvalue weighted by molar-refractivity contribution is 6.08. The maximum Gasteiger partial charge on any atom is 0.193 e. The number of halogens is 1. The van der Waals surface area contributed by atoms with Crippen LogP contribution in [-0.2, 0) is 0 Å². The smallest absolute Gasteiger partial charge is 0.193 e. The number of carbonyl (C=O) groups excluding carboxylic acids is 1. The first-order valence-electron chi connectivity index (χ1n) is 6.65. The summed E-state index contributed by atoms with van der Waals surface area (Å²) >= 11 is 0. The third-order valence-corrected chi connectivity index (χ3v) is 2.57. The van der Waals surface area contributed by atoms with Gasteiger partial charge in [-0.05, 0) is 13.1 Å². The minimum atomic E-state index is 0. The second kappa shape index (κ2) is 11.2. The van der Waals surface area contributed by atoms with E-state index in [-0.39, 0.29) is 18.2 Å². The van der Waals surface area contributed by atoms with Gasteiger partial charge < -0.3 is 5.32 Å². The lowest BCUT2D eigenvalue weighted by Gasteiger charge is -1.99. The predicted molar refractivity (Wildman–Crippen MR) is 87.8 cm³/mol. The van der Waals surface area contributed by atoms with Gasteiger partial charge in [0.15, 0.2) is 5.78 Å². The molecule has 0 radical (unpaired) electrons. The van der Waals surface area contributed by atoms with E-state index in [1.54, 1.807) is 0 Å². The molecule has 108 valence electrons. The molecule has 0 saturated heterocycles. The molecule has 0 unspecified atom stereocenters. The van der Waals surface area contributed by atoms with Gasteiger partial charge in [-0.15, -0.1) is 12.4 Å². The summed E-state index contributed by atoms with van der Waals surface area (Å²) in [6, 6.07) is 18.6. The molecule has 2 aromatic rings. The zero-order chi connectivity index (χ0) is 13.9. The van der Waals surface area contributed by atoms with E-state index in [4.69, 9.17) is 0 Å². The molecule has 2 nitrogen and oxygen atoms in total. The fraction of sp³-hybridized carbons (Fsp3) is 0.235. The first-order valence-corrected chi connectivity index (χ1v) is 6.65. The SMILES string of the molecule is CCNCC.Cl.O=C(c1ccccc1)c1ccccc1. The van der Waals surface area contributed by atoms with Crippen LogP contribution in [0.25, 0.3) is 0 Å². The molecule has 0 atom stereocenters. The van der Waals surface area contributed by atoms with E-state index in [0.717, 1.165) is 24.2 Å². The molecule has 2 aromatic carbocycles. The van der Waals surface area contributed by atoms with Crippen molar-refractivity contribution < 1.29 is 4.79 Å². The summed E-state index contributed by atoms with van der Waals surface area (Å²) in [5.41, 5.74) is 1.47. The van der Waals surface area contributed by atoms with Gasteiger partial charge in [-0.3, -0.25) is 4.79 Å². The van der Waals surface area contributed by atoms with Crippen LogP contribution in [0.5, 0.6) is 0 Å². The standard InChI is InChI=1S/C13H10O.C4H11N.ClH/c14-13(11-7-3-1-4-8-11)12-9-5-2-6-10-12;1-3-5-4-2;/h1-10H;5H,3-4H2,1-2H3;1H. The minimum absolute atomic E-state index is 0. The van der Waals surface area contributed by atoms with Crippen molar-refractivity contribution in [3.05, 3.63) is 71.8 Å². The number of carbonyl (C=O) groups is 1. The molecule has 3 heteroatoms. The lowest BCUT2D eigenvalue weighted by atomic mass is 10.0. The second-order valence-corrected chi connectivity index (χ2v) is 4.02. The molecule has 0 saturated carbocycles. The molecule has 0 fully saturated rings. The van der Waals surface area contributed by atoms with E-state index in [1.807, 2.05) is 60.7 Å². The summed E-state index contributed by atoms with van der Waals surface area (Å²) in [5, 5.41) is 3.11. The van der Waals surface area contributed by atoms with Gasteiger partial charge in [-0.25, -0.2) is 0 Å². The monoisotopic (exact) mass is 291 g/mol. The fourth-order valence-electron chi connectivity index (χ4n) is 1.60. The Morgan fingerprint density at radius 3 is 1.40 bits per heavy atom. The average molecular weight is 292 g/mol. The molecule has 20 heavy (non-hydrogen) atoms. The Hall–Kier alpha value is -1.64. The Morgan fingerprint density at radius 1 is 0.800 bits per heavy atom. The third-order valence-electron chi connectivity index (χ3n) is 2.57. The maximum atomic E-state index is 11.8. The van der Waals surface area contributed by atoms with Crippen LogP contribution in [0.15, 0.2) is 60.7 Å². The summed E-state index contributed by atoms with van der Waals surface area (Å²) in [5.74, 6) is 0.0752. The maximum absolute atomic E-state index is 11.8. The van der Waals surface area contributed by atoms with Crippen LogP contribution in [0.1, 0.15) is 29.8 Å². The molecule has 2 rings (SSSR count). The number of rotatable bonds is 4. The van der Waals surface area contributed by atoms with Crippen LogP contribution < -0.4 is 5.32 Å². The summed E-state index contributed by atoms with van der Waals surface area (Å²) in [4.78, 5) is 11.8. The summed E-state index contributed by atoms with van der Waals surface area (Å²) < 4.78 is 0. The van der Waals surface area contributed by atoms with Crippen molar-refractivity contribution in [2.24, 2.45) is 0 Å². The van der Waals surface area contributed by atoms with E-state index in [1.165, 1.54) is 0 Å². The van der Waals surface area contributed by atoms with Crippen LogP contribution in [0.4, 0.5) is 0 Å². The number of nitrogens with one attached hydrogen (secondary N) is 1. The number of benzene rings is 2. The Bertz CT molecular complexity index is 427. The van der Waals surface area contributed by atoms with Crippen molar-refractivity contribution in [1.29, 1.82) is 0 Å². The van der Waals surface area contributed by atoms with Crippen LogP contribution in [-0.4, -0.2) is 18.9 Å². The van der Waals surface area contributed by atoms with Gasteiger partial charge in [0.1, 0.15) is 0 Å². The molecule has 1 N–H and O–H groups in total. The van der Waals surface area contributed by atoms with Crippen molar-refractivity contribution in [3.8, 4) is 0 Å². The predicted octanol–water partition coefficient (Wildman–Crippen LogP) is 3.96. The molecule has 0 spiro atoms. The first-order chi connectivity index (χ1) is 9.29. The van der Waals surface area contributed by atoms with Crippen molar-refractivity contribution >= 4 is 18.2 Å². The zero-order valence-electron chi connectivity index (χ0n) is 12.0. The number of ketones is 1. The van der Waals surface area contributed by atoms with Gasteiger partial charge in [0.25, 0.3) is 0 Å². The van der Waals surface area contributed by atoms with Gasteiger partial charge in [-0.1, -0.05) is 74.5 Å². The summed E-state index contributed by atoms with van der Waals surface area (Å²) in [6.45, 7) is 6.39. The van der Waals surface area contributed by atoms with Gasteiger partial charge in [0, 0.05) is 11.1 Å². The highest BCUT2D eigenvalue weighted by Crippen LogP contribution is 2.08. The molecule has 0 bridgehead atoms. The molecule has 0 aliphatic heterocycles. The summed E-state index contributed by atoms with van der Waals surface area (Å²) in [7, 11) is 0. The average Bonchev–Trinajstić information content (AvgIpc) is 2.50.